The highest BCUT2D eigenvalue weighted by Gasteiger charge is 2.04. The number of hydrogen-bond acceptors (Lipinski definition) is 2. The quantitative estimate of drug-likeness (QED) is 0.508. The summed E-state index contributed by atoms with van der Waals surface area (Å²) in [6.45, 7) is 1.08. The molecule has 0 spiro atoms. The number of nitrogens with one attached hydrogen (secondary N) is 1. The first-order chi connectivity index (χ1) is 12.6. The van der Waals surface area contributed by atoms with Crippen molar-refractivity contribution < 1.29 is 4.74 Å². The van der Waals surface area contributed by atoms with Crippen molar-refractivity contribution in [2.24, 2.45) is 0 Å². The van der Waals surface area contributed by atoms with Crippen LogP contribution in [-0.4, -0.2) is 4.99 Å². The Kier molecular flexibility index (Phi) is 6.51. The molecule has 0 heterocycles. The summed E-state index contributed by atoms with van der Waals surface area (Å²) in [5.41, 5.74) is 3.03. The van der Waals surface area contributed by atoms with Crippen LogP contribution in [-0.2, 0) is 13.2 Å². The molecule has 0 aliphatic heterocycles. The molecule has 0 aromatic heterocycles. The predicted molar refractivity (Wildman–Crippen MR) is 112 cm³/mol. The fraction of sp³-hybridized carbons (Fsp3) is 0.0952. The summed E-state index contributed by atoms with van der Waals surface area (Å²) in [6.07, 6.45) is 0. The Bertz CT molecular complexity index is 882. The van der Waals surface area contributed by atoms with Gasteiger partial charge in [-0.25, -0.2) is 0 Å². The molecule has 2 nitrogen and oxygen atoms in total. The molecule has 3 aromatic rings. The van der Waals surface area contributed by atoms with E-state index in [4.69, 9.17) is 40.2 Å². The van der Waals surface area contributed by atoms with E-state index in [1.165, 1.54) is 5.56 Å². The summed E-state index contributed by atoms with van der Waals surface area (Å²) in [5.74, 6) is 0.755. The highest BCUT2D eigenvalue weighted by molar-refractivity contribution is 7.80. The third-order valence-electron chi connectivity index (χ3n) is 3.82. The number of thiocarbonyl (C=S) groups is 1. The lowest BCUT2D eigenvalue weighted by atomic mass is 10.2. The fourth-order valence-electron chi connectivity index (χ4n) is 2.38. The van der Waals surface area contributed by atoms with Gasteiger partial charge in [0.2, 0.25) is 0 Å². The van der Waals surface area contributed by atoms with Crippen LogP contribution in [0.3, 0.4) is 0 Å². The lowest BCUT2D eigenvalue weighted by Crippen LogP contribution is -2.21. The number of hydrogen-bond donors (Lipinski definition) is 1. The van der Waals surface area contributed by atoms with E-state index in [0.29, 0.717) is 28.2 Å². The lowest BCUT2D eigenvalue weighted by Gasteiger charge is -2.11. The minimum Gasteiger partial charge on any atom is -0.489 e. The van der Waals surface area contributed by atoms with Crippen LogP contribution < -0.4 is 10.1 Å². The first-order valence-corrected chi connectivity index (χ1v) is 9.27. The van der Waals surface area contributed by atoms with E-state index in [2.05, 4.69) is 17.4 Å². The van der Waals surface area contributed by atoms with Crippen LogP contribution in [0, 0.1) is 0 Å². The average Bonchev–Trinajstić information content (AvgIpc) is 2.67. The Morgan fingerprint density at radius 1 is 0.923 bits per heavy atom. The normalized spacial score (nSPS) is 10.4. The predicted octanol–water partition coefficient (Wildman–Crippen LogP) is 6.04. The van der Waals surface area contributed by atoms with E-state index in [9.17, 15) is 0 Å². The SMILES string of the molecule is S=C(NCc1ccccc1)c1ccc(OCc2ccc(Cl)cc2Cl)cc1. The van der Waals surface area contributed by atoms with Crippen LogP contribution in [0.4, 0.5) is 0 Å². The third kappa shape index (κ3) is 5.21. The smallest absolute Gasteiger partial charge is 0.119 e. The molecule has 0 unspecified atom stereocenters. The van der Waals surface area contributed by atoms with Gasteiger partial charge in [0.1, 0.15) is 17.3 Å². The van der Waals surface area contributed by atoms with Crippen LogP contribution in [0.5, 0.6) is 5.75 Å². The van der Waals surface area contributed by atoms with Crippen molar-refractivity contribution in [2.75, 3.05) is 0 Å². The van der Waals surface area contributed by atoms with Crippen molar-refractivity contribution in [3.8, 4) is 5.75 Å². The molecule has 26 heavy (non-hydrogen) atoms. The van der Waals surface area contributed by atoms with Gasteiger partial charge in [0, 0.05) is 27.7 Å². The van der Waals surface area contributed by atoms with Gasteiger partial charge >= 0.3 is 0 Å². The maximum absolute atomic E-state index is 6.16. The molecule has 0 aliphatic carbocycles. The van der Waals surface area contributed by atoms with Crippen LogP contribution in [0.15, 0.2) is 72.8 Å². The zero-order chi connectivity index (χ0) is 18.4. The molecule has 0 aliphatic rings. The van der Waals surface area contributed by atoms with E-state index >= 15 is 0 Å². The topological polar surface area (TPSA) is 21.3 Å². The van der Waals surface area contributed by atoms with Gasteiger partial charge in [-0.15, -0.1) is 0 Å². The number of rotatable bonds is 6. The molecule has 0 fully saturated rings. The van der Waals surface area contributed by atoms with Gasteiger partial charge in [0.25, 0.3) is 0 Å². The minimum absolute atomic E-state index is 0.381. The van der Waals surface area contributed by atoms with Crippen LogP contribution in [0.2, 0.25) is 10.0 Å². The molecule has 0 amide bonds. The summed E-state index contributed by atoms with van der Waals surface area (Å²) < 4.78 is 5.79. The van der Waals surface area contributed by atoms with Gasteiger partial charge in [-0.05, 0) is 42.0 Å². The summed E-state index contributed by atoms with van der Waals surface area (Å²) >= 11 is 17.5. The Balaban J connectivity index is 1.55. The largest absolute Gasteiger partial charge is 0.489 e. The number of halogens is 2. The van der Waals surface area contributed by atoms with Gasteiger partial charge in [0.15, 0.2) is 0 Å². The van der Waals surface area contributed by atoms with E-state index in [1.807, 2.05) is 48.5 Å². The second-order valence-electron chi connectivity index (χ2n) is 5.72. The van der Waals surface area contributed by atoms with Crippen molar-refractivity contribution in [1.82, 2.24) is 5.32 Å². The Hall–Kier alpha value is -2.07. The van der Waals surface area contributed by atoms with E-state index in [0.717, 1.165) is 16.9 Å². The summed E-state index contributed by atoms with van der Waals surface area (Å²) in [4.78, 5) is 0.709. The minimum atomic E-state index is 0.381. The third-order valence-corrected chi connectivity index (χ3v) is 4.79. The summed E-state index contributed by atoms with van der Waals surface area (Å²) in [5, 5.41) is 4.47. The lowest BCUT2D eigenvalue weighted by molar-refractivity contribution is 0.306. The van der Waals surface area contributed by atoms with E-state index < -0.39 is 0 Å². The average molecular weight is 402 g/mol. The second-order valence-corrected chi connectivity index (χ2v) is 6.97. The van der Waals surface area contributed by atoms with Gasteiger partial charge in [0.05, 0.1) is 0 Å². The Morgan fingerprint density at radius 2 is 1.65 bits per heavy atom. The summed E-state index contributed by atoms with van der Waals surface area (Å²) in [7, 11) is 0. The molecule has 0 atom stereocenters. The second kappa shape index (κ2) is 9.04. The molecule has 3 rings (SSSR count). The molecule has 0 bridgehead atoms. The molecule has 0 saturated carbocycles. The molecule has 0 saturated heterocycles. The zero-order valence-electron chi connectivity index (χ0n) is 13.9. The van der Waals surface area contributed by atoms with Crippen LogP contribution >= 0.6 is 35.4 Å². The van der Waals surface area contributed by atoms with Crippen molar-refractivity contribution in [2.45, 2.75) is 13.2 Å². The Labute approximate surface area is 168 Å². The van der Waals surface area contributed by atoms with Crippen molar-refractivity contribution in [1.29, 1.82) is 0 Å². The monoisotopic (exact) mass is 401 g/mol. The van der Waals surface area contributed by atoms with Crippen LogP contribution in [0.25, 0.3) is 0 Å². The highest BCUT2D eigenvalue weighted by Crippen LogP contribution is 2.23. The first kappa shape index (κ1) is 18.7. The summed E-state index contributed by atoms with van der Waals surface area (Å²) in [6, 6.07) is 23.2. The van der Waals surface area contributed by atoms with Crippen LogP contribution in [0.1, 0.15) is 16.7 Å². The molecule has 132 valence electrons. The van der Waals surface area contributed by atoms with Crippen molar-refractivity contribution in [3.05, 3.63) is 99.5 Å². The molecular formula is C21H17Cl2NOS. The standard InChI is InChI=1S/C21H17Cl2NOS/c22-18-9-6-17(20(23)12-18)14-25-19-10-7-16(8-11-19)21(26)24-13-15-4-2-1-3-5-15/h1-12H,13-14H2,(H,24,26). The molecule has 1 N–H and O–H groups in total. The molecule has 5 heteroatoms. The first-order valence-electron chi connectivity index (χ1n) is 8.11. The zero-order valence-corrected chi connectivity index (χ0v) is 16.2. The highest BCUT2D eigenvalue weighted by atomic mass is 35.5. The van der Waals surface area contributed by atoms with Crippen molar-refractivity contribution >= 4 is 40.4 Å². The Morgan fingerprint density at radius 3 is 2.35 bits per heavy atom. The molecular weight excluding hydrogens is 385 g/mol. The molecule has 0 radical (unpaired) electrons. The molecule has 3 aromatic carbocycles. The van der Waals surface area contributed by atoms with Gasteiger partial charge in [-0.1, -0.05) is 71.8 Å². The maximum Gasteiger partial charge on any atom is 0.119 e. The van der Waals surface area contributed by atoms with Gasteiger partial charge in [-0.3, -0.25) is 0 Å². The fourth-order valence-corrected chi connectivity index (χ4v) is 3.05. The van der Waals surface area contributed by atoms with E-state index in [-0.39, 0.29) is 0 Å². The number of benzene rings is 3. The van der Waals surface area contributed by atoms with Gasteiger partial charge in [-0.2, -0.15) is 0 Å². The van der Waals surface area contributed by atoms with Gasteiger partial charge < -0.3 is 10.1 Å². The van der Waals surface area contributed by atoms with Crippen molar-refractivity contribution in [3.63, 3.8) is 0 Å². The van der Waals surface area contributed by atoms with E-state index in [1.54, 1.807) is 12.1 Å². The number of ether oxygens (including phenoxy) is 1. The maximum atomic E-state index is 6.16.